The fourth-order valence-corrected chi connectivity index (χ4v) is 1.85. The Morgan fingerprint density at radius 1 is 1.50 bits per heavy atom. The van der Waals surface area contributed by atoms with Crippen LogP contribution < -0.4 is 11.1 Å². The summed E-state index contributed by atoms with van der Waals surface area (Å²) < 4.78 is 10.5. The highest BCUT2D eigenvalue weighted by molar-refractivity contribution is 14.0. The number of nitrogens with two attached hydrogens (primary N) is 1. The molecule has 1 heterocycles. The Bertz CT molecular complexity index is 326. The first kappa shape index (κ1) is 19.4. The van der Waals surface area contributed by atoms with E-state index in [4.69, 9.17) is 15.2 Å². The van der Waals surface area contributed by atoms with E-state index in [2.05, 4.69) is 10.3 Å². The van der Waals surface area contributed by atoms with Crippen molar-refractivity contribution in [1.29, 1.82) is 0 Å². The van der Waals surface area contributed by atoms with Gasteiger partial charge in [0.15, 0.2) is 5.96 Å². The first-order valence-electron chi connectivity index (χ1n) is 6.44. The number of ether oxygens (including phenoxy) is 2. The Kier molecular flexibility index (Phi) is 9.86. The Morgan fingerprint density at radius 2 is 2.20 bits per heavy atom. The van der Waals surface area contributed by atoms with Crippen molar-refractivity contribution >= 4 is 35.8 Å². The lowest BCUT2D eigenvalue weighted by molar-refractivity contribution is -0.140. The van der Waals surface area contributed by atoms with Crippen LogP contribution in [0.15, 0.2) is 4.99 Å². The monoisotopic (exact) mass is 400 g/mol. The smallest absolute Gasteiger partial charge is 0.251 e. The van der Waals surface area contributed by atoms with Crippen molar-refractivity contribution in [2.24, 2.45) is 10.7 Å². The second-order valence-corrected chi connectivity index (χ2v) is 4.70. The maximum Gasteiger partial charge on any atom is 0.251 e. The summed E-state index contributed by atoms with van der Waals surface area (Å²) in [6.45, 7) is 1.68. The van der Waals surface area contributed by atoms with Crippen LogP contribution in [-0.2, 0) is 14.3 Å². The Hall–Kier alpha value is -0.610. The van der Waals surface area contributed by atoms with Crippen molar-refractivity contribution in [1.82, 2.24) is 10.2 Å². The summed E-state index contributed by atoms with van der Waals surface area (Å²) in [5.74, 6) is 0.390. The van der Waals surface area contributed by atoms with E-state index < -0.39 is 0 Å². The fraction of sp³-hybridized carbons (Fsp3) is 0.833. The minimum Gasteiger partial charge on any atom is -0.383 e. The van der Waals surface area contributed by atoms with Crippen LogP contribution in [0.3, 0.4) is 0 Å². The number of rotatable bonds is 6. The van der Waals surface area contributed by atoms with E-state index in [0.717, 1.165) is 12.8 Å². The predicted octanol–water partition coefficient (Wildman–Crippen LogP) is -0.209. The second-order valence-electron chi connectivity index (χ2n) is 4.70. The third kappa shape index (κ3) is 6.71. The number of carbonyl (C=O) groups is 1. The lowest BCUT2D eigenvalue weighted by atomic mass is 10.2. The van der Waals surface area contributed by atoms with Crippen molar-refractivity contribution in [3.63, 3.8) is 0 Å². The Morgan fingerprint density at radius 3 is 2.80 bits per heavy atom. The van der Waals surface area contributed by atoms with Crippen molar-refractivity contribution in [2.75, 3.05) is 40.9 Å². The molecule has 0 saturated carbocycles. The standard InChI is InChI=1S/C12H24N4O3.HI/c1-16(2)11(17)10-5-4-9(19-10)8-15-12(13)14-6-7-18-3;/h9-10H,4-8H2,1-3H3,(H3,13,14,15);1H. The third-order valence-electron chi connectivity index (χ3n) is 2.90. The summed E-state index contributed by atoms with van der Waals surface area (Å²) in [7, 11) is 5.09. The minimum absolute atomic E-state index is 0. The van der Waals surface area contributed by atoms with Gasteiger partial charge in [-0.25, -0.2) is 0 Å². The Balaban J connectivity index is 0.00000361. The van der Waals surface area contributed by atoms with Gasteiger partial charge >= 0.3 is 0 Å². The van der Waals surface area contributed by atoms with Gasteiger partial charge in [0.2, 0.25) is 0 Å². The number of hydrogen-bond acceptors (Lipinski definition) is 4. The third-order valence-corrected chi connectivity index (χ3v) is 2.90. The molecule has 0 spiro atoms. The number of amides is 1. The maximum atomic E-state index is 11.7. The molecule has 0 radical (unpaired) electrons. The molecule has 0 aromatic rings. The van der Waals surface area contributed by atoms with Crippen LogP contribution in [-0.4, -0.2) is 69.9 Å². The van der Waals surface area contributed by atoms with Gasteiger partial charge in [0.1, 0.15) is 6.10 Å². The van der Waals surface area contributed by atoms with Gasteiger partial charge < -0.3 is 25.4 Å². The van der Waals surface area contributed by atoms with Crippen molar-refractivity contribution in [2.45, 2.75) is 25.0 Å². The highest BCUT2D eigenvalue weighted by Crippen LogP contribution is 2.21. The summed E-state index contributed by atoms with van der Waals surface area (Å²) in [6, 6.07) is 0. The molecular formula is C12H25IN4O3. The summed E-state index contributed by atoms with van der Waals surface area (Å²) >= 11 is 0. The van der Waals surface area contributed by atoms with Crippen LogP contribution >= 0.6 is 24.0 Å². The van der Waals surface area contributed by atoms with E-state index in [0.29, 0.717) is 25.7 Å². The van der Waals surface area contributed by atoms with Gasteiger partial charge in [-0.1, -0.05) is 0 Å². The number of nitrogens with one attached hydrogen (secondary N) is 1. The molecule has 118 valence electrons. The zero-order valence-electron chi connectivity index (χ0n) is 12.3. The molecule has 1 aliphatic rings. The molecule has 2 atom stereocenters. The molecule has 7 nitrogen and oxygen atoms in total. The molecule has 0 aliphatic carbocycles. The number of nitrogens with zero attached hydrogens (tertiary/aromatic N) is 2. The average Bonchev–Trinajstić information content (AvgIpc) is 2.84. The van der Waals surface area contributed by atoms with Gasteiger partial charge in [0.25, 0.3) is 5.91 Å². The maximum absolute atomic E-state index is 11.7. The van der Waals surface area contributed by atoms with E-state index in [9.17, 15) is 4.79 Å². The largest absolute Gasteiger partial charge is 0.383 e. The number of aliphatic imine (C=N–C) groups is 1. The lowest BCUT2D eigenvalue weighted by Gasteiger charge is -2.16. The average molecular weight is 400 g/mol. The molecular weight excluding hydrogens is 375 g/mol. The molecule has 2 unspecified atom stereocenters. The first-order chi connectivity index (χ1) is 9.04. The topological polar surface area (TPSA) is 89.2 Å². The molecule has 0 aromatic carbocycles. The molecule has 20 heavy (non-hydrogen) atoms. The summed E-state index contributed by atoms with van der Waals surface area (Å²) in [5, 5.41) is 2.93. The van der Waals surface area contributed by atoms with E-state index in [-0.39, 0.29) is 42.1 Å². The molecule has 1 rings (SSSR count). The second kappa shape index (κ2) is 10.2. The highest BCUT2D eigenvalue weighted by atomic mass is 127. The molecule has 0 bridgehead atoms. The molecule has 1 fully saturated rings. The number of hydrogen-bond donors (Lipinski definition) is 2. The van der Waals surface area contributed by atoms with Gasteiger partial charge in [-0.05, 0) is 12.8 Å². The minimum atomic E-state index is -0.335. The molecule has 8 heteroatoms. The van der Waals surface area contributed by atoms with Gasteiger partial charge in [-0.15, -0.1) is 24.0 Å². The first-order valence-corrected chi connectivity index (χ1v) is 6.44. The number of methoxy groups -OCH3 is 1. The van der Waals surface area contributed by atoms with Crippen LogP contribution in [0.1, 0.15) is 12.8 Å². The molecule has 0 aromatic heterocycles. The van der Waals surface area contributed by atoms with Gasteiger partial charge in [-0.3, -0.25) is 9.79 Å². The molecule has 1 aliphatic heterocycles. The van der Waals surface area contributed by atoms with Crippen molar-refractivity contribution in [3.8, 4) is 0 Å². The van der Waals surface area contributed by atoms with Crippen LogP contribution in [0.2, 0.25) is 0 Å². The van der Waals surface area contributed by atoms with Crippen molar-refractivity contribution in [3.05, 3.63) is 0 Å². The van der Waals surface area contributed by atoms with Crippen LogP contribution in [0.25, 0.3) is 0 Å². The predicted molar refractivity (Wildman–Crippen MR) is 88.4 cm³/mol. The molecule has 3 N–H and O–H groups in total. The van der Waals surface area contributed by atoms with Crippen molar-refractivity contribution < 1.29 is 14.3 Å². The zero-order valence-corrected chi connectivity index (χ0v) is 14.6. The van der Waals surface area contributed by atoms with Crippen LogP contribution in [0.5, 0.6) is 0 Å². The summed E-state index contributed by atoms with van der Waals surface area (Å²) in [6.07, 6.45) is 1.21. The van der Waals surface area contributed by atoms with E-state index in [1.807, 2.05) is 0 Å². The summed E-state index contributed by atoms with van der Waals surface area (Å²) in [4.78, 5) is 17.5. The normalized spacial score (nSPS) is 22.2. The Labute approximate surface area is 137 Å². The SMILES string of the molecule is COCCNC(N)=NCC1CCC(C(=O)N(C)C)O1.I. The van der Waals surface area contributed by atoms with Gasteiger partial charge in [-0.2, -0.15) is 0 Å². The number of likely N-dealkylation sites (N-methyl/N-ethyl adjacent to an activating group) is 1. The molecule has 1 amide bonds. The van der Waals surface area contributed by atoms with E-state index >= 15 is 0 Å². The quantitative estimate of drug-likeness (QED) is 0.279. The van der Waals surface area contributed by atoms with E-state index in [1.165, 1.54) is 0 Å². The summed E-state index contributed by atoms with van der Waals surface area (Å²) in [5.41, 5.74) is 5.69. The lowest BCUT2D eigenvalue weighted by Crippen LogP contribution is -2.35. The number of carbonyl (C=O) groups excluding carboxylic acids is 1. The molecule has 1 saturated heterocycles. The number of halogens is 1. The fourth-order valence-electron chi connectivity index (χ4n) is 1.85. The van der Waals surface area contributed by atoms with Crippen LogP contribution in [0.4, 0.5) is 0 Å². The van der Waals surface area contributed by atoms with Gasteiger partial charge in [0.05, 0.1) is 19.3 Å². The van der Waals surface area contributed by atoms with E-state index in [1.54, 1.807) is 26.1 Å². The van der Waals surface area contributed by atoms with Gasteiger partial charge in [0, 0.05) is 27.7 Å². The zero-order chi connectivity index (χ0) is 14.3. The highest BCUT2D eigenvalue weighted by Gasteiger charge is 2.31. The van der Waals surface area contributed by atoms with Crippen LogP contribution in [0, 0.1) is 0 Å². The number of guanidine groups is 1.